The summed E-state index contributed by atoms with van der Waals surface area (Å²) in [5.74, 6) is -0.857. The van der Waals surface area contributed by atoms with Gasteiger partial charge < -0.3 is 60.6 Å². The van der Waals surface area contributed by atoms with E-state index >= 15 is 0 Å². The molecular weight excluding hydrogens is 953 g/mol. The van der Waals surface area contributed by atoms with E-state index in [9.17, 15) is 28.8 Å². The molecule has 6 N–H and O–H groups in total. The van der Waals surface area contributed by atoms with E-state index in [1.807, 2.05) is 78.2 Å². The molecule has 0 aromatic heterocycles. The third kappa shape index (κ3) is 11.4. The molecule has 380 valence electrons. The molecule has 0 bridgehead atoms. The molecule has 4 heterocycles. The lowest BCUT2D eigenvalue weighted by Gasteiger charge is -2.23. The monoisotopic (exact) mass is 1010 g/mol. The molecule has 9 rings (SSSR count). The van der Waals surface area contributed by atoms with Crippen molar-refractivity contribution in [2.45, 2.75) is 69.6 Å². The lowest BCUT2D eigenvalue weighted by Crippen LogP contribution is -2.43. The molecule has 19 heteroatoms. The highest BCUT2D eigenvalue weighted by molar-refractivity contribution is 7.81. The molecule has 0 unspecified atom stereocenters. The number of thiol groups is 1. The number of fused-ring (bicyclic) bond motifs is 8. The van der Waals surface area contributed by atoms with E-state index < -0.39 is 30.8 Å². The van der Waals surface area contributed by atoms with E-state index in [1.54, 1.807) is 36.4 Å². The molecule has 18 nitrogen and oxygen atoms in total. The number of ether oxygens (including phenoxy) is 4. The van der Waals surface area contributed by atoms with Gasteiger partial charge in [0.1, 0.15) is 13.2 Å². The zero-order valence-corrected chi connectivity index (χ0v) is 41.9. The fraction of sp³-hybridized carbons (Fsp3) is 0.333. The molecule has 5 aromatic rings. The highest BCUT2D eigenvalue weighted by atomic mass is 32.1. The molecule has 4 aliphatic heterocycles. The summed E-state index contributed by atoms with van der Waals surface area (Å²) in [4.78, 5) is 82.3. The highest BCUT2D eigenvalue weighted by Crippen LogP contribution is 2.43. The van der Waals surface area contributed by atoms with Crippen molar-refractivity contribution >= 4 is 76.5 Å². The first-order valence-electron chi connectivity index (χ1n) is 24.1. The van der Waals surface area contributed by atoms with Crippen LogP contribution in [0.3, 0.4) is 0 Å². The average Bonchev–Trinajstić information content (AvgIpc) is 3.87. The topological polar surface area (TPSA) is 218 Å². The van der Waals surface area contributed by atoms with Crippen LogP contribution in [0.4, 0.5) is 28.4 Å². The molecular formula is C54H58N8O10S. The number of carbonyl (C=O) groups excluding carboxylic acids is 6. The van der Waals surface area contributed by atoms with Gasteiger partial charge in [-0.25, -0.2) is 0 Å². The maximum absolute atomic E-state index is 14.1. The molecule has 0 saturated heterocycles. The van der Waals surface area contributed by atoms with Gasteiger partial charge in [-0.15, -0.1) is 0 Å². The number of carbonyl (C=O) groups is 6. The summed E-state index contributed by atoms with van der Waals surface area (Å²) in [6.45, 7) is 3.71. The Morgan fingerprint density at radius 1 is 0.616 bits per heavy atom. The summed E-state index contributed by atoms with van der Waals surface area (Å²) in [5.41, 5.74) is 7.78. The maximum atomic E-state index is 14.1. The lowest BCUT2D eigenvalue weighted by molar-refractivity contribution is -0.128. The maximum Gasteiger partial charge on any atom is 0.260 e. The Morgan fingerprint density at radius 2 is 1.07 bits per heavy atom. The summed E-state index contributed by atoms with van der Waals surface area (Å²) in [6.07, 6.45) is 2.18. The molecule has 0 fully saturated rings. The van der Waals surface area contributed by atoms with Gasteiger partial charge in [-0.05, 0) is 84.0 Å². The van der Waals surface area contributed by atoms with E-state index in [4.69, 9.17) is 18.9 Å². The van der Waals surface area contributed by atoms with Crippen LogP contribution in [0, 0.1) is 0 Å². The molecule has 4 aliphatic rings. The Balaban J connectivity index is 0.899. The van der Waals surface area contributed by atoms with Crippen molar-refractivity contribution in [3.8, 4) is 23.0 Å². The molecule has 0 spiro atoms. The molecule has 0 saturated carbocycles. The minimum atomic E-state index is -0.616. The van der Waals surface area contributed by atoms with Crippen molar-refractivity contribution in [1.82, 2.24) is 16.0 Å². The molecule has 0 radical (unpaired) electrons. The van der Waals surface area contributed by atoms with Gasteiger partial charge in [-0.1, -0.05) is 50.2 Å². The summed E-state index contributed by atoms with van der Waals surface area (Å²) in [6, 6.07) is 27.9. The Labute approximate surface area is 428 Å². The average molecular weight is 1010 g/mol. The number of para-hydroxylation sites is 2. The molecule has 6 amide bonds. The van der Waals surface area contributed by atoms with Crippen molar-refractivity contribution < 1.29 is 47.7 Å². The zero-order chi connectivity index (χ0) is 51.4. The van der Waals surface area contributed by atoms with Crippen LogP contribution >= 0.6 is 12.6 Å². The molecule has 5 aromatic carbocycles. The van der Waals surface area contributed by atoms with Crippen LogP contribution in [0.1, 0.15) is 69.7 Å². The van der Waals surface area contributed by atoms with Crippen molar-refractivity contribution in [2.75, 3.05) is 72.7 Å². The van der Waals surface area contributed by atoms with Crippen molar-refractivity contribution in [2.24, 2.45) is 0 Å². The van der Waals surface area contributed by atoms with Crippen molar-refractivity contribution in [3.05, 3.63) is 124 Å². The summed E-state index contributed by atoms with van der Waals surface area (Å²) in [7, 11) is 3.01. The van der Waals surface area contributed by atoms with Crippen LogP contribution in [-0.4, -0.2) is 99.2 Å². The first-order valence-corrected chi connectivity index (χ1v) is 24.5. The van der Waals surface area contributed by atoms with Gasteiger partial charge in [0.05, 0.1) is 68.4 Å². The number of hydrogen-bond donors (Lipinski definition) is 7. The number of hydrogen-bond acceptors (Lipinski definition) is 13. The lowest BCUT2D eigenvalue weighted by atomic mass is 10.1. The van der Waals surface area contributed by atoms with Gasteiger partial charge in [0.15, 0.2) is 23.0 Å². The second-order valence-corrected chi connectivity index (χ2v) is 20.2. The Hall–Kier alpha value is -7.93. The van der Waals surface area contributed by atoms with E-state index in [2.05, 4.69) is 44.5 Å². The summed E-state index contributed by atoms with van der Waals surface area (Å²) >= 11 is 4.41. The second-order valence-electron chi connectivity index (χ2n) is 19.0. The van der Waals surface area contributed by atoms with Crippen LogP contribution in [0.2, 0.25) is 0 Å². The fourth-order valence-electron chi connectivity index (χ4n) is 9.52. The normalized spacial score (nSPS) is 16.1. The molecule has 73 heavy (non-hydrogen) atoms. The van der Waals surface area contributed by atoms with Gasteiger partial charge in [-0.3, -0.25) is 28.8 Å². The quantitative estimate of drug-likeness (QED) is 0.0532. The Kier molecular flexibility index (Phi) is 14.7. The SMILES string of the molecule is COc1cc2c(cc1OCc1cc(COc3cc4c(cc3OC)C(=O)N3c5ccccc5C[C@H]3CN4)cc(NC(=O)CNC(=O)CNC(=O)CNC(=O)CCC(C)(C)S)c1)NC[C@@H]1Cc3ccccc3N1C2=O. The third-order valence-corrected chi connectivity index (χ3v) is 13.4. The van der Waals surface area contributed by atoms with Crippen LogP contribution in [0.15, 0.2) is 91.0 Å². The molecule has 0 aliphatic carbocycles. The van der Waals surface area contributed by atoms with Gasteiger partial charge in [0.25, 0.3) is 11.8 Å². The predicted molar refractivity (Wildman–Crippen MR) is 280 cm³/mol. The predicted octanol–water partition coefficient (Wildman–Crippen LogP) is 5.63. The van der Waals surface area contributed by atoms with Gasteiger partial charge in [0, 0.05) is 53.5 Å². The van der Waals surface area contributed by atoms with E-state index in [1.165, 1.54) is 14.2 Å². The number of nitrogens with zero attached hydrogens (tertiary/aromatic N) is 2. The summed E-state index contributed by atoms with van der Waals surface area (Å²) in [5, 5.41) is 17.2. The smallest absolute Gasteiger partial charge is 0.260 e. The number of rotatable bonds is 18. The first-order chi connectivity index (χ1) is 35.1. The van der Waals surface area contributed by atoms with Crippen LogP contribution in [0.25, 0.3) is 0 Å². The van der Waals surface area contributed by atoms with Crippen LogP contribution < -0.4 is 60.6 Å². The molecule has 2 atom stereocenters. The van der Waals surface area contributed by atoms with E-state index in [0.29, 0.717) is 81.8 Å². The van der Waals surface area contributed by atoms with Gasteiger partial charge in [-0.2, -0.15) is 12.6 Å². The summed E-state index contributed by atoms with van der Waals surface area (Å²) < 4.78 is 24.0. The standard InChI is InChI=1S/C54H58N8O10S/c1-54(2,73)14-13-48(63)57-26-49(64)58-27-50(65)59-28-51(66)60-35-16-31(29-71-46-22-40-38(20-44(46)69-3)52(67)61-36(24-55-40)18-33-9-5-7-11-42(33)61)15-32(17-35)30-72-47-23-41-39(21-45(47)70-4)53(68)62-37(25-56-41)19-34-10-6-8-12-43(34)62/h5-12,15-17,20-23,36-37,55-56,73H,13-14,18-19,24-30H2,1-4H3,(H,57,63)(H,58,64)(H,59,65)(H,60,66)/t36-,37-/m0/s1. The number of benzene rings is 5. The number of amides is 6. The fourth-order valence-corrected chi connectivity index (χ4v) is 9.63. The second kappa shape index (κ2) is 21.4. The van der Waals surface area contributed by atoms with Crippen molar-refractivity contribution in [1.29, 1.82) is 0 Å². The van der Waals surface area contributed by atoms with E-state index in [-0.39, 0.29) is 60.7 Å². The minimum Gasteiger partial charge on any atom is -0.493 e. The number of anilines is 5. The number of nitrogens with one attached hydrogen (secondary N) is 6. The Bertz CT molecular complexity index is 2840. The third-order valence-electron chi connectivity index (χ3n) is 13.1. The van der Waals surface area contributed by atoms with Gasteiger partial charge in [0.2, 0.25) is 23.6 Å². The van der Waals surface area contributed by atoms with Crippen molar-refractivity contribution in [3.63, 3.8) is 0 Å². The van der Waals surface area contributed by atoms with E-state index in [0.717, 1.165) is 35.3 Å². The van der Waals surface area contributed by atoms with Gasteiger partial charge >= 0.3 is 0 Å². The minimum absolute atomic E-state index is 0.000979. The highest BCUT2D eigenvalue weighted by Gasteiger charge is 2.39. The number of methoxy groups -OCH3 is 2. The first kappa shape index (κ1) is 50.0. The van der Waals surface area contributed by atoms with Crippen LogP contribution in [0.5, 0.6) is 23.0 Å². The Morgan fingerprint density at radius 3 is 1.53 bits per heavy atom. The zero-order valence-electron chi connectivity index (χ0n) is 41.0. The van der Waals surface area contributed by atoms with Crippen LogP contribution in [-0.2, 0) is 45.2 Å². The largest absolute Gasteiger partial charge is 0.493 e.